The van der Waals surface area contributed by atoms with Crippen LogP contribution in [0.4, 0.5) is 5.82 Å². The molecule has 0 unspecified atom stereocenters. The number of sulfonamides is 1. The van der Waals surface area contributed by atoms with Crippen molar-refractivity contribution in [1.29, 1.82) is 0 Å². The minimum Gasteiger partial charge on any atom is -0.263 e. The lowest BCUT2D eigenvalue weighted by molar-refractivity contribution is 0.587. The van der Waals surface area contributed by atoms with Crippen molar-refractivity contribution in [3.63, 3.8) is 0 Å². The zero-order valence-electron chi connectivity index (χ0n) is 19.5. The summed E-state index contributed by atoms with van der Waals surface area (Å²) in [5.74, 6) is 0.463. The average Bonchev–Trinajstić information content (AvgIpc) is 2.80. The van der Waals surface area contributed by atoms with Gasteiger partial charge in [-0.25, -0.2) is 18.4 Å². The van der Waals surface area contributed by atoms with Crippen LogP contribution < -0.4 is 4.72 Å². The first-order chi connectivity index (χ1) is 16.0. The molecule has 0 saturated carbocycles. The standard InChI is InChI=1S/C27H26ClN3O2S/c1-18-10-12-19(13-11-18)23-24(28)29-25(20-8-6-5-7-9-20)30-26(23)31-34(32,33)22-16-14-21(15-17-22)27(2,3)4/h5-17H,1-4H3,(H,29,30,31). The van der Waals surface area contributed by atoms with E-state index < -0.39 is 10.0 Å². The molecule has 0 aliphatic carbocycles. The lowest BCUT2D eigenvalue weighted by Gasteiger charge is -2.19. The van der Waals surface area contributed by atoms with E-state index in [1.807, 2.05) is 73.7 Å². The largest absolute Gasteiger partial charge is 0.263 e. The van der Waals surface area contributed by atoms with Crippen LogP contribution in [-0.4, -0.2) is 18.4 Å². The molecule has 0 atom stereocenters. The van der Waals surface area contributed by atoms with Gasteiger partial charge in [0.05, 0.1) is 10.5 Å². The second-order valence-corrected chi connectivity index (χ2v) is 11.2. The fourth-order valence-electron chi connectivity index (χ4n) is 3.52. The zero-order chi connectivity index (χ0) is 24.5. The Morgan fingerprint density at radius 1 is 0.794 bits per heavy atom. The van der Waals surface area contributed by atoms with Crippen LogP contribution in [0.2, 0.25) is 5.15 Å². The monoisotopic (exact) mass is 491 g/mol. The first-order valence-electron chi connectivity index (χ1n) is 10.9. The SMILES string of the molecule is Cc1ccc(-c2c(Cl)nc(-c3ccccc3)nc2NS(=O)(=O)c2ccc(C(C)(C)C)cc2)cc1. The van der Waals surface area contributed by atoms with E-state index in [0.29, 0.717) is 11.4 Å². The van der Waals surface area contributed by atoms with Gasteiger partial charge in [-0.05, 0) is 35.6 Å². The Hall–Kier alpha value is -3.22. The van der Waals surface area contributed by atoms with Crippen molar-refractivity contribution in [3.8, 4) is 22.5 Å². The van der Waals surface area contributed by atoms with Crippen molar-refractivity contribution in [1.82, 2.24) is 9.97 Å². The van der Waals surface area contributed by atoms with E-state index in [1.165, 1.54) is 0 Å². The van der Waals surface area contributed by atoms with E-state index >= 15 is 0 Å². The van der Waals surface area contributed by atoms with Crippen molar-refractivity contribution in [3.05, 3.63) is 95.1 Å². The molecule has 174 valence electrons. The summed E-state index contributed by atoms with van der Waals surface area (Å²) in [5.41, 5.74) is 3.91. The molecule has 1 N–H and O–H groups in total. The number of nitrogens with zero attached hydrogens (tertiary/aromatic N) is 2. The fraction of sp³-hybridized carbons (Fsp3) is 0.185. The van der Waals surface area contributed by atoms with Gasteiger partial charge in [0.15, 0.2) is 11.6 Å². The minimum atomic E-state index is -3.93. The van der Waals surface area contributed by atoms with Crippen LogP contribution in [0, 0.1) is 6.92 Å². The molecule has 34 heavy (non-hydrogen) atoms. The van der Waals surface area contributed by atoms with Gasteiger partial charge in [0, 0.05) is 5.56 Å². The third kappa shape index (κ3) is 5.13. The normalized spacial score (nSPS) is 11.9. The Labute approximate surface area is 205 Å². The van der Waals surface area contributed by atoms with Crippen LogP contribution in [0.25, 0.3) is 22.5 Å². The third-order valence-corrected chi connectivity index (χ3v) is 7.13. The van der Waals surface area contributed by atoms with Crippen LogP contribution in [-0.2, 0) is 15.4 Å². The third-order valence-electron chi connectivity index (χ3n) is 5.50. The topological polar surface area (TPSA) is 72.0 Å². The Bertz CT molecular complexity index is 1410. The van der Waals surface area contributed by atoms with Crippen LogP contribution >= 0.6 is 11.6 Å². The quantitative estimate of drug-likeness (QED) is 0.309. The molecule has 0 bridgehead atoms. The highest BCUT2D eigenvalue weighted by Crippen LogP contribution is 2.36. The first-order valence-corrected chi connectivity index (χ1v) is 12.7. The van der Waals surface area contributed by atoms with Gasteiger partial charge < -0.3 is 0 Å². The van der Waals surface area contributed by atoms with Gasteiger partial charge in [0.1, 0.15) is 5.15 Å². The number of nitrogens with one attached hydrogen (secondary N) is 1. The van der Waals surface area contributed by atoms with Crippen LogP contribution in [0.5, 0.6) is 0 Å². The number of aromatic nitrogens is 2. The predicted octanol–water partition coefficient (Wildman–Crippen LogP) is 6.87. The number of hydrogen-bond donors (Lipinski definition) is 1. The summed E-state index contributed by atoms with van der Waals surface area (Å²) in [4.78, 5) is 9.19. The lowest BCUT2D eigenvalue weighted by Crippen LogP contribution is -2.16. The van der Waals surface area contributed by atoms with Crippen molar-refractivity contribution in [2.45, 2.75) is 38.0 Å². The summed E-state index contributed by atoms with van der Waals surface area (Å²) < 4.78 is 29.4. The van der Waals surface area contributed by atoms with E-state index in [2.05, 4.69) is 35.5 Å². The fourth-order valence-corrected chi connectivity index (χ4v) is 4.81. The zero-order valence-corrected chi connectivity index (χ0v) is 21.1. The summed E-state index contributed by atoms with van der Waals surface area (Å²) in [5, 5.41) is 0.165. The van der Waals surface area contributed by atoms with E-state index in [9.17, 15) is 8.42 Å². The number of rotatable bonds is 5. The summed E-state index contributed by atoms with van der Waals surface area (Å²) in [6, 6.07) is 23.8. The molecule has 1 aromatic heterocycles. The van der Waals surface area contributed by atoms with Gasteiger partial charge in [0.2, 0.25) is 0 Å². The lowest BCUT2D eigenvalue weighted by atomic mass is 9.87. The highest BCUT2D eigenvalue weighted by Gasteiger charge is 2.23. The van der Waals surface area contributed by atoms with Crippen LogP contribution in [0.1, 0.15) is 31.9 Å². The molecule has 0 aliphatic heterocycles. The molecule has 0 aliphatic rings. The van der Waals surface area contributed by atoms with E-state index in [1.54, 1.807) is 12.1 Å². The number of anilines is 1. The Kier molecular flexibility index (Phi) is 6.47. The maximum Gasteiger partial charge on any atom is 0.263 e. The van der Waals surface area contributed by atoms with Crippen molar-refractivity contribution < 1.29 is 8.42 Å². The number of aryl methyl sites for hydroxylation is 1. The molecule has 0 fully saturated rings. The Morgan fingerprint density at radius 2 is 1.41 bits per heavy atom. The molecular weight excluding hydrogens is 466 g/mol. The molecule has 3 aromatic carbocycles. The highest BCUT2D eigenvalue weighted by molar-refractivity contribution is 7.92. The second-order valence-electron chi connectivity index (χ2n) is 9.17. The number of hydrogen-bond acceptors (Lipinski definition) is 4. The van der Waals surface area contributed by atoms with Gasteiger partial charge >= 0.3 is 0 Å². The summed E-state index contributed by atoms with van der Waals surface area (Å²) in [7, 11) is -3.93. The second kappa shape index (κ2) is 9.20. The molecule has 4 aromatic rings. The minimum absolute atomic E-state index is 0.0842. The maximum atomic E-state index is 13.3. The molecule has 0 radical (unpaired) electrons. The van der Waals surface area contributed by atoms with Crippen LogP contribution in [0.15, 0.2) is 83.8 Å². The number of halogens is 1. The van der Waals surface area contributed by atoms with E-state index in [4.69, 9.17) is 11.6 Å². The Balaban J connectivity index is 1.82. The molecule has 0 saturated heterocycles. The first kappa shape index (κ1) is 23.9. The molecular formula is C27H26ClN3O2S. The molecule has 5 nitrogen and oxygen atoms in total. The van der Waals surface area contributed by atoms with E-state index in [-0.39, 0.29) is 21.3 Å². The summed E-state index contributed by atoms with van der Waals surface area (Å²) >= 11 is 6.62. The smallest absolute Gasteiger partial charge is 0.263 e. The van der Waals surface area contributed by atoms with Crippen LogP contribution in [0.3, 0.4) is 0 Å². The average molecular weight is 492 g/mol. The van der Waals surface area contributed by atoms with Gasteiger partial charge in [-0.15, -0.1) is 0 Å². The summed E-state index contributed by atoms with van der Waals surface area (Å²) in [6.07, 6.45) is 0. The summed E-state index contributed by atoms with van der Waals surface area (Å²) in [6.45, 7) is 8.22. The van der Waals surface area contributed by atoms with Gasteiger partial charge in [-0.1, -0.05) is 105 Å². The molecule has 1 heterocycles. The Morgan fingerprint density at radius 3 is 2.00 bits per heavy atom. The number of benzene rings is 3. The molecule has 7 heteroatoms. The molecule has 0 spiro atoms. The van der Waals surface area contributed by atoms with Gasteiger partial charge in [-0.2, -0.15) is 0 Å². The predicted molar refractivity (Wildman–Crippen MR) is 139 cm³/mol. The van der Waals surface area contributed by atoms with Gasteiger partial charge in [-0.3, -0.25) is 4.72 Å². The van der Waals surface area contributed by atoms with Gasteiger partial charge in [0.25, 0.3) is 10.0 Å². The molecule has 4 rings (SSSR count). The molecule has 0 amide bonds. The van der Waals surface area contributed by atoms with Crippen molar-refractivity contribution >= 4 is 27.4 Å². The van der Waals surface area contributed by atoms with E-state index in [0.717, 1.165) is 22.3 Å². The maximum absolute atomic E-state index is 13.3. The van der Waals surface area contributed by atoms with Crippen molar-refractivity contribution in [2.24, 2.45) is 0 Å². The van der Waals surface area contributed by atoms with Crippen molar-refractivity contribution in [2.75, 3.05) is 4.72 Å². The highest BCUT2D eigenvalue weighted by atomic mass is 35.5.